The van der Waals surface area contributed by atoms with Crippen LogP contribution in [0.3, 0.4) is 0 Å². The summed E-state index contributed by atoms with van der Waals surface area (Å²) in [5.41, 5.74) is 7.30. The molecule has 2 heterocycles. The van der Waals surface area contributed by atoms with Crippen LogP contribution in [-0.2, 0) is 0 Å². The highest BCUT2D eigenvalue weighted by atomic mass is 16.6. The van der Waals surface area contributed by atoms with Crippen molar-refractivity contribution in [1.82, 2.24) is 10.4 Å². The summed E-state index contributed by atoms with van der Waals surface area (Å²) in [7, 11) is 0. The number of hydrazone groups is 2. The largest absolute Gasteiger partial charge is 0.272 e. The summed E-state index contributed by atoms with van der Waals surface area (Å²) in [4.78, 5) is 27.0. The molecule has 0 unspecified atom stereocenters. The molecule has 37 heavy (non-hydrogen) atoms. The molecule has 1 aliphatic heterocycles. The van der Waals surface area contributed by atoms with Gasteiger partial charge in [-0.1, -0.05) is 54.6 Å². The molecule has 0 saturated heterocycles. The van der Waals surface area contributed by atoms with Crippen LogP contribution in [-0.4, -0.2) is 27.7 Å². The van der Waals surface area contributed by atoms with Crippen molar-refractivity contribution in [1.29, 1.82) is 0 Å². The van der Waals surface area contributed by atoms with Crippen LogP contribution in [0, 0.1) is 10.1 Å². The number of anilines is 1. The van der Waals surface area contributed by atoms with Gasteiger partial charge in [0.2, 0.25) is 0 Å². The molecule has 0 bridgehead atoms. The third-order valence-corrected chi connectivity index (χ3v) is 5.94. The second-order valence-electron chi connectivity index (χ2n) is 8.36. The van der Waals surface area contributed by atoms with Gasteiger partial charge in [0, 0.05) is 30.9 Å². The molecule has 1 N–H and O–H groups in total. The van der Waals surface area contributed by atoms with E-state index in [1.54, 1.807) is 36.7 Å². The summed E-state index contributed by atoms with van der Waals surface area (Å²) in [6.07, 6.45) is 5.23. The number of carbonyl (C=O) groups excluding carboxylic acids is 1. The summed E-state index contributed by atoms with van der Waals surface area (Å²) in [5.74, 6) is -0.347. The van der Waals surface area contributed by atoms with Crippen molar-refractivity contribution >= 4 is 29.2 Å². The van der Waals surface area contributed by atoms with Gasteiger partial charge in [-0.3, -0.25) is 24.9 Å². The number of carbonyl (C=O) groups is 1. The Labute approximate surface area is 212 Å². The molecule has 1 amide bonds. The summed E-state index contributed by atoms with van der Waals surface area (Å²) in [5, 5.41) is 22.2. The van der Waals surface area contributed by atoms with Crippen LogP contribution >= 0.6 is 0 Å². The molecule has 1 aliphatic rings. The van der Waals surface area contributed by atoms with E-state index in [1.807, 2.05) is 65.7 Å². The van der Waals surface area contributed by atoms with Crippen molar-refractivity contribution in [2.75, 3.05) is 5.01 Å². The molecule has 9 nitrogen and oxygen atoms in total. The third-order valence-electron chi connectivity index (χ3n) is 5.94. The number of hydrogen-bond acceptors (Lipinski definition) is 7. The van der Waals surface area contributed by atoms with Gasteiger partial charge in [0.1, 0.15) is 0 Å². The Balaban J connectivity index is 1.38. The maximum Gasteiger partial charge on any atom is 0.272 e. The molecule has 3 aromatic carbocycles. The smallest absolute Gasteiger partial charge is 0.267 e. The van der Waals surface area contributed by atoms with E-state index in [9.17, 15) is 14.9 Å². The van der Waals surface area contributed by atoms with E-state index >= 15 is 0 Å². The highest BCUT2D eigenvalue weighted by Gasteiger charge is 2.30. The van der Waals surface area contributed by atoms with Crippen molar-refractivity contribution in [3.05, 3.63) is 136 Å². The molecule has 5 rings (SSSR count). The first-order valence-corrected chi connectivity index (χ1v) is 11.6. The highest BCUT2D eigenvalue weighted by molar-refractivity contribution is 6.03. The van der Waals surface area contributed by atoms with Crippen molar-refractivity contribution in [3.8, 4) is 0 Å². The van der Waals surface area contributed by atoms with Gasteiger partial charge in [0.25, 0.3) is 11.6 Å². The number of hydrogen-bond donors (Lipinski definition) is 1. The average Bonchev–Trinajstić information content (AvgIpc) is 3.40. The SMILES string of the molecule is O=C(N/N=C\c1ccc(N2N=C(c3ccccc3)C[C@H]2c2cccc([N+](=O)[O-])c2)cc1)c1cccnc1. The van der Waals surface area contributed by atoms with Crippen LogP contribution in [0.5, 0.6) is 0 Å². The fourth-order valence-corrected chi connectivity index (χ4v) is 4.10. The van der Waals surface area contributed by atoms with Crippen LogP contribution in [0.25, 0.3) is 0 Å². The lowest BCUT2D eigenvalue weighted by Crippen LogP contribution is -2.19. The van der Waals surface area contributed by atoms with E-state index in [-0.39, 0.29) is 22.6 Å². The van der Waals surface area contributed by atoms with Crippen LogP contribution in [0.4, 0.5) is 11.4 Å². The first-order valence-electron chi connectivity index (χ1n) is 11.6. The molecule has 0 saturated carbocycles. The Morgan fingerprint density at radius 2 is 1.84 bits per heavy atom. The highest BCUT2D eigenvalue weighted by Crippen LogP contribution is 2.37. The van der Waals surface area contributed by atoms with Gasteiger partial charge in [-0.25, -0.2) is 5.43 Å². The Bertz CT molecular complexity index is 1470. The van der Waals surface area contributed by atoms with Crippen LogP contribution < -0.4 is 10.4 Å². The Kier molecular flexibility index (Phi) is 6.76. The number of nitrogens with zero attached hydrogens (tertiary/aromatic N) is 5. The summed E-state index contributed by atoms with van der Waals surface area (Å²) < 4.78 is 0. The molecule has 1 atom stereocenters. The zero-order valence-electron chi connectivity index (χ0n) is 19.6. The molecule has 182 valence electrons. The second kappa shape index (κ2) is 10.6. The van der Waals surface area contributed by atoms with E-state index in [1.165, 1.54) is 12.3 Å². The van der Waals surface area contributed by atoms with Crippen LogP contribution in [0.1, 0.15) is 39.5 Å². The minimum absolute atomic E-state index is 0.0468. The maximum absolute atomic E-state index is 12.1. The molecule has 0 spiro atoms. The van der Waals surface area contributed by atoms with Gasteiger partial charge in [-0.2, -0.15) is 10.2 Å². The lowest BCUT2D eigenvalue weighted by Gasteiger charge is -2.24. The third kappa shape index (κ3) is 5.40. The monoisotopic (exact) mass is 490 g/mol. The number of non-ortho nitro benzene ring substituents is 1. The van der Waals surface area contributed by atoms with Gasteiger partial charge in [-0.05, 0) is 41.0 Å². The average molecular weight is 491 g/mol. The molecule has 0 aliphatic carbocycles. The normalized spacial score (nSPS) is 15.0. The van der Waals surface area contributed by atoms with Gasteiger partial charge in [-0.15, -0.1) is 0 Å². The van der Waals surface area contributed by atoms with E-state index in [0.717, 1.165) is 28.1 Å². The maximum atomic E-state index is 12.1. The summed E-state index contributed by atoms with van der Waals surface area (Å²) in [6.45, 7) is 0. The minimum atomic E-state index is -0.386. The molecule has 1 aromatic heterocycles. The predicted octanol–water partition coefficient (Wildman–Crippen LogP) is 5.11. The van der Waals surface area contributed by atoms with Gasteiger partial charge in [0.05, 0.1) is 34.1 Å². The topological polar surface area (TPSA) is 113 Å². The van der Waals surface area contributed by atoms with Crippen LogP contribution in [0.2, 0.25) is 0 Å². The molecule has 0 radical (unpaired) electrons. The van der Waals surface area contributed by atoms with E-state index in [4.69, 9.17) is 5.10 Å². The Morgan fingerprint density at radius 1 is 1.03 bits per heavy atom. The van der Waals surface area contributed by atoms with Crippen molar-refractivity contribution in [2.24, 2.45) is 10.2 Å². The van der Waals surface area contributed by atoms with Crippen molar-refractivity contribution in [3.63, 3.8) is 0 Å². The zero-order valence-corrected chi connectivity index (χ0v) is 19.6. The molecular weight excluding hydrogens is 468 g/mol. The number of amides is 1. The molecule has 9 heteroatoms. The standard InChI is InChI=1S/C28H22N6O3/c35-28(23-9-5-15-29-19-23)31-30-18-20-11-13-24(14-12-20)33-27(22-8-4-10-25(16-22)34(36)37)17-26(32-33)21-6-2-1-3-7-21/h1-16,18-19,27H,17H2,(H,31,35)/b30-18-/t27-/m0/s1. The molecule has 0 fully saturated rings. The molecular formula is C28H22N6O3. The Hall–Kier alpha value is -5.18. The van der Waals surface area contributed by atoms with E-state index in [0.29, 0.717) is 12.0 Å². The number of benzene rings is 3. The minimum Gasteiger partial charge on any atom is -0.267 e. The number of nitrogens with one attached hydrogen (secondary N) is 1. The second-order valence-corrected chi connectivity index (χ2v) is 8.36. The van der Waals surface area contributed by atoms with E-state index in [2.05, 4.69) is 15.5 Å². The molecule has 4 aromatic rings. The quantitative estimate of drug-likeness (QED) is 0.220. The fourth-order valence-electron chi connectivity index (χ4n) is 4.10. The van der Waals surface area contributed by atoms with Crippen molar-refractivity contribution in [2.45, 2.75) is 12.5 Å². The number of nitro groups is 1. The predicted molar refractivity (Wildman–Crippen MR) is 142 cm³/mol. The van der Waals surface area contributed by atoms with Gasteiger partial charge >= 0.3 is 0 Å². The number of pyridine rings is 1. The first kappa shape index (κ1) is 23.6. The van der Waals surface area contributed by atoms with E-state index < -0.39 is 0 Å². The Morgan fingerprint density at radius 3 is 2.57 bits per heavy atom. The number of nitro benzene ring substituents is 1. The summed E-state index contributed by atoms with van der Waals surface area (Å²) >= 11 is 0. The van der Waals surface area contributed by atoms with Crippen LogP contribution in [0.15, 0.2) is 114 Å². The summed E-state index contributed by atoms with van der Waals surface area (Å²) in [6, 6.07) is 27.3. The number of rotatable bonds is 7. The lowest BCUT2D eigenvalue weighted by molar-refractivity contribution is -0.384. The van der Waals surface area contributed by atoms with Gasteiger partial charge in [0.15, 0.2) is 0 Å². The lowest BCUT2D eigenvalue weighted by atomic mass is 9.98. The van der Waals surface area contributed by atoms with Crippen molar-refractivity contribution < 1.29 is 9.72 Å². The van der Waals surface area contributed by atoms with Gasteiger partial charge < -0.3 is 0 Å². The number of aromatic nitrogens is 1. The fraction of sp³-hybridized carbons (Fsp3) is 0.0714. The first-order chi connectivity index (χ1) is 18.1. The zero-order chi connectivity index (χ0) is 25.6.